The van der Waals surface area contributed by atoms with Crippen molar-refractivity contribution in [3.63, 3.8) is 0 Å². The van der Waals surface area contributed by atoms with Crippen LogP contribution in [0.4, 0.5) is 16.2 Å². The summed E-state index contributed by atoms with van der Waals surface area (Å²) in [5, 5.41) is 6.08. The Kier molecular flexibility index (Phi) is 4.81. The van der Waals surface area contributed by atoms with Crippen molar-refractivity contribution < 1.29 is 9.53 Å². The molecule has 1 aromatic heterocycles. The number of carbonyl (C=O) groups is 1. The van der Waals surface area contributed by atoms with Gasteiger partial charge in [0, 0.05) is 23.5 Å². The van der Waals surface area contributed by atoms with Crippen molar-refractivity contribution in [2.24, 2.45) is 5.73 Å². The van der Waals surface area contributed by atoms with E-state index >= 15 is 0 Å². The summed E-state index contributed by atoms with van der Waals surface area (Å²) in [6.45, 7) is 0.779. The van der Waals surface area contributed by atoms with E-state index in [1.54, 1.807) is 6.20 Å². The first kappa shape index (κ1) is 16.1. The van der Waals surface area contributed by atoms with Gasteiger partial charge in [0.25, 0.3) is 0 Å². The highest BCUT2D eigenvalue weighted by molar-refractivity contribution is 5.87. The zero-order valence-electron chi connectivity index (χ0n) is 13.5. The van der Waals surface area contributed by atoms with E-state index in [4.69, 9.17) is 5.73 Å². The Morgan fingerprint density at radius 3 is 3.12 bits per heavy atom. The number of imidazole rings is 1. The fourth-order valence-corrected chi connectivity index (χ4v) is 2.60. The lowest BCUT2D eigenvalue weighted by atomic mass is 10.1. The van der Waals surface area contributed by atoms with E-state index in [9.17, 15) is 4.79 Å². The molecule has 0 saturated heterocycles. The number of nitrogens with two attached hydrogens (primary N) is 1. The maximum Gasteiger partial charge on any atom is 0.411 e. The summed E-state index contributed by atoms with van der Waals surface area (Å²) < 4.78 is 4.64. The molecular weight excluding hydrogens is 306 g/mol. The highest BCUT2D eigenvalue weighted by Gasteiger charge is 2.14. The SMILES string of the molecule is COC(=O)Nc1ccc2c(c1)NCC/C=C/CC(N)c1ncc-2[nH]1. The van der Waals surface area contributed by atoms with Crippen molar-refractivity contribution in [2.45, 2.75) is 18.9 Å². The molecule has 0 saturated carbocycles. The smallest absolute Gasteiger partial charge is 0.411 e. The second-order valence-corrected chi connectivity index (χ2v) is 5.59. The van der Waals surface area contributed by atoms with E-state index in [1.165, 1.54) is 7.11 Å². The van der Waals surface area contributed by atoms with E-state index < -0.39 is 6.09 Å². The summed E-state index contributed by atoms with van der Waals surface area (Å²) in [5.74, 6) is 0.762. The van der Waals surface area contributed by atoms with Gasteiger partial charge in [0.05, 0.1) is 25.0 Å². The van der Waals surface area contributed by atoms with Crippen LogP contribution in [0.3, 0.4) is 0 Å². The highest BCUT2D eigenvalue weighted by atomic mass is 16.5. The molecule has 7 heteroatoms. The summed E-state index contributed by atoms with van der Waals surface area (Å²) in [6.07, 6.45) is 7.11. The first-order valence-electron chi connectivity index (χ1n) is 7.86. The van der Waals surface area contributed by atoms with Crippen LogP contribution in [0.25, 0.3) is 11.3 Å². The molecule has 2 heterocycles. The molecule has 1 amide bonds. The van der Waals surface area contributed by atoms with Gasteiger partial charge in [-0.15, -0.1) is 0 Å². The minimum atomic E-state index is -0.499. The van der Waals surface area contributed by atoms with Gasteiger partial charge in [0.2, 0.25) is 0 Å². The third-order valence-electron chi connectivity index (χ3n) is 3.87. The van der Waals surface area contributed by atoms with E-state index in [2.05, 4.69) is 37.5 Å². The van der Waals surface area contributed by atoms with Gasteiger partial charge in [-0.3, -0.25) is 5.32 Å². The molecule has 1 aromatic carbocycles. The van der Waals surface area contributed by atoms with Crippen LogP contribution in [0.2, 0.25) is 0 Å². The second kappa shape index (κ2) is 7.18. The molecular formula is C17H21N5O2. The number of hydrogen-bond donors (Lipinski definition) is 4. The number of H-pyrrole nitrogens is 1. The maximum atomic E-state index is 11.4. The normalized spacial score (nSPS) is 18.3. The summed E-state index contributed by atoms with van der Waals surface area (Å²) in [5.41, 5.74) is 9.58. The highest BCUT2D eigenvalue weighted by Crippen LogP contribution is 2.31. The minimum Gasteiger partial charge on any atom is -0.453 e. The number of anilines is 2. The van der Waals surface area contributed by atoms with Gasteiger partial charge in [-0.1, -0.05) is 12.2 Å². The van der Waals surface area contributed by atoms with E-state index in [1.807, 2.05) is 18.2 Å². The molecule has 1 atom stereocenters. The minimum absolute atomic E-state index is 0.147. The lowest BCUT2D eigenvalue weighted by Crippen LogP contribution is -2.12. The Bertz CT molecular complexity index is 753. The lowest BCUT2D eigenvalue weighted by Gasteiger charge is -2.14. The van der Waals surface area contributed by atoms with Crippen LogP contribution in [-0.2, 0) is 4.74 Å². The van der Waals surface area contributed by atoms with Crippen LogP contribution in [0.5, 0.6) is 0 Å². The van der Waals surface area contributed by atoms with Crippen LogP contribution in [0.15, 0.2) is 36.5 Å². The Morgan fingerprint density at radius 1 is 1.42 bits per heavy atom. The lowest BCUT2D eigenvalue weighted by molar-refractivity contribution is 0.187. The molecule has 0 fully saturated rings. The van der Waals surface area contributed by atoms with Crippen LogP contribution in [0.1, 0.15) is 24.7 Å². The average Bonchev–Trinajstić information content (AvgIpc) is 3.07. The molecule has 1 unspecified atom stereocenters. The molecule has 126 valence electrons. The zero-order valence-corrected chi connectivity index (χ0v) is 13.5. The largest absolute Gasteiger partial charge is 0.453 e. The van der Waals surface area contributed by atoms with Crippen LogP contribution < -0.4 is 16.4 Å². The Morgan fingerprint density at radius 2 is 2.29 bits per heavy atom. The first-order chi connectivity index (χ1) is 11.7. The van der Waals surface area contributed by atoms with E-state index in [0.717, 1.165) is 42.2 Å². The maximum absolute atomic E-state index is 11.4. The van der Waals surface area contributed by atoms with Crippen molar-refractivity contribution >= 4 is 17.5 Å². The summed E-state index contributed by atoms with van der Waals surface area (Å²) in [6, 6.07) is 5.48. The van der Waals surface area contributed by atoms with Crippen molar-refractivity contribution in [1.82, 2.24) is 9.97 Å². The molecule has 24 heavy (non-hydrogen) atoms. The number of benzene rings is 1. The third kappa shape index (κ3) is 3.57. The van der Waals surface area contributed by atoms with Gasteiger partial charge in [-0.05, 0) is 31.0 Å². The number of methoxy groups -OCH3 is 1. The zero-order chi connectivity index (χ0) is 16.9. The second-order valence-electron chi connectivity index (χ2n) is 5.59. The van der Waals surface area contributed by atoms with Crippen molar-refractivity contribution in [2.75, 3.05) is 24.3 Å². The molecule has 2 aromatic rings. The first-order valence-corrected chi connectivity index (χ1v) is 7.86. The van der Waals surface area contributed by atoms with Crippen LogP contribution in [-0.4, -0.2) is 29.7 Å². The Labute approximate surface area is 140 Å². The number of rotatable bonds is 1. The van der Waals surface area contributed by atoms with Crippen molar-refractivity contribution in [3.8, 4) is 11.3 Å². The molecule has 0 radical (unpaired) electrons. The van der Waals surface area contributed by atoms with Crippen LogP contribution >= 0.6 is 0 Å². The average molecular weight is 327 g/mol. The Balaban J connectivity index is 1.97. The summed E-state index contributed by atoms with van der Waals surface area (Å²) in [4.78, 5) is 19.1. The van der Waals surface area contributed by atoms with Gasteiger partial charge >= 0.3 is 6.09 Å². The van der Waals surface area contributed by atoms with Crippen molar-refractivity contribution in [3.05, 3.63) is 42.4 Å². The number of fused-ring (bicyclic) bond motifs is 4. The number of nitrogens with zero attached hydrogens (tertiary/aromatic N) is 1. The number of ether oxygens (including phenoxy) is 1. The predicted octanol–water partition coefficient (Wildman–Crippen LogP) is 3.02. The van der Waals surface area contributed by atoms with E-state index in [0.29, 0.717) is 5.69 Å². The molecule has 2 bridgehead atoms. The molecule has 5 N–H and O–H groups in total. The summed E-state index contributed by atoms with van der Waals surface area (Å²) >= 11 is 0. The Hall–Kier alpha value is -2.80. The van der Waals surface area contributed by atoms with Gasteiger partial charge in [-0.25, -0.2) is 9.78 Å². The van der Waals surface area contributed by atoms with Gasteiger partial charge < -0.3 is 20.8 Å². The standard InChI is InChI=1S/C17H21N5O2/c1-24-17(23)21-11-6-7-12-14(9-11)19-8-4-2-3-5-13(18)16-20-10-15(12)22-16/h2-3,6-7,9-10,13,19H,4-5,8,18H2,1H3,(H,20,22)(H,21,23)/b3-2+. The van der Waals surface area contributed by atoms with Gasteiger partial charge in [0.1, 0.15) is 5.82 Å². The number of aromatic amines is 1. The number of nitrogens with one attached hydrogen (secondary N) is 3. The molecule has 3 rings (SSSR count). The van der Waals surface area contributed by atoms with Crippen LogP contribution in [0, 0.1) is 0 Å². The number of amides is 1. The topological polar surface area (TPSA) is 105 Å². The fourth-order valence-electron chi connectivity index (χ4n) is 2.60. The molecule has 1 aliphatic heterocycles. The fraction of sp³-hybridized carbons (Fsp3) is 0.294. The van der Waals surface area contributed by atoms with Gasteiger partial charge in [0.15, 0.2) is 0 Å². The number of carbonyl (C=O) groups excluding carboxylic acids is 1. The van der Waals surface area contributed by atoms with Crippen molar-refractivity contribution in [1.29, 1.82) is 0 Å². The van der Waals surface area contributed by atoms with Gasteiger partial charge in [-0.2, -0.15) is 0 Å². The molecule has 7 nitrogen and oxygen atoms in total. The molecule has 0 aliphatic carbocycles. The summed E-state index contributed by atoms with van der Waals surface area (Å²) in [7, 11) is 1.34. The van der Waals surface area contributed by atoms with E-state index in [-0.39, 0.29) is 6.04 Å². The molecule has 1 aliphatic rings. The third-order valence-corrected chi connectivity index (χ3v) is 3.87. The quantitative estimate of drug-likeness (QED) is 0.603. The molecule has 0 spiro atoms. The number of aromatic nitrogens is 2. The predicted molar refractivity (Wildman–Crippen MR) is 93.8 cm³/mol. The number of hydrogen-bond acceptors (Lipinski definition) is 5. The monoisotopic (exact) mass is 327 g/mol.